The molecule has 5 nitrogen and oxygen atoms in total. The van der Waals surface area contributed by atoms with Crippen LogP contribution in [0, 0.1) is 5.92 Å². The molecule has 88 valence electrons. The summed E-state index contributed by atoms with van der Waals surface area (Å²) in [5.74, 6) is 1.21. The first-order valence-electron chi connectivity index (χ1n) is 5.65. The van der Waals surface area contributed by atoms with Crippen LogP contribution in [0.15, 0.2) is 12.4 Å². The highest BCUT2D eigenvalue weighted by atomic mass is 16.5. The van der Waals surface area contributed by atoms with Crippen LogP contribution in [0.3, 0.4) is 0 Å². The molecule has 0 aliphatic carbocycles. The molecule has 16 heavy (non-hydrogen) atoms. The molecule has 2 rings (SSSR count). The van der Waals surface area contributed by atoms with E-state index in [-0.39, 0.29) is 12.0 Å². The van der Waals surface area contributed by atoms with Crippen LogP contribution < -0.4 is 5.32 Å². The molecule has 1 fully saturated rings. The number of nitrogens with one attached hydrogen (secondary N) is 2. The average molecular weight is 223 g/mol. The third-order valence-corrected chi connectivity index (χ3v) is 2.86. The molecular weight excluding hydrogens is 206 g/mol. The predicted molar refractivity (Wildman–Crippen MR) is 58.8 cm³/mol. The number of amides is 1. The Morgan fingerprint density at radius 3 is 3.25 bits per heavy atom. The molecule has 2 heterocycles. The number of hydrogen-bond acceptors (Lipinski definition) is 3. The van der Waals surface area contributed by atoms with Crippen molar-refractivity contribution < 1.29 is 9.53 Å². The lowest BCUT2D eigenvalue weighted by molar-refractivity contribution is -0.131. The fraction of sp³-hybridized carbons (Fsp3) is 0.636. The minimum absolute atomic E-state index is 0.00319. The predicted octanol–water partition coefficient (Wildman–Crippen LogP) is 0.493. The smallest absolute Gasteiger partial charge is 0.249 e. The van der Waals surface area contributed by atoms with Crippen molar-refractivity contribution in [2.24, 2.45) is 5.92 Å². The number of aromatic nitrogens is 2. The molecule has 2 atom stereocenters. The lowest BCUT2D eigenvalue weighted by Crippen LogP contribution is -2.38. The molecule has 1 aliphatic rings. The van der Waals surface area contributed by atoms with Crippen LogP contribution in [0.5, 0.6) is 0 Å². The Labute approximate surface area is 94.6 Å². The van der Waals surface area contributed by atoms with E-state index < -0.39 is 0 Å². The number of carbonyl (C=O) groups excluding carboxylic acids is 1. The Kier molecular flexibility index (Phi) is 3.56. The van der Waals surface area contributed by atoms with Crippen LogP contribution in [0.1, 0.15) is 19.2 Å². The molecule has 0 spiro atoms. The SMILES string of the molecule is CC1CCOC1C(=O)NCCc1ncc[nH]1. The Hall–Kier alpha value is -1.36. The first-order valence-corrected chi connectivity index (χ1v) is 5.65. The number of hydrogen-bond donors (Lipinski definition) is 2. The first kappa shape index (κ1) is 11.1. The second kappa shape index (κ2) is 5.12. The van der Waals surface area contributed by atoms with Gasteiger partial charge in [-0.05, 0) is 12.3 Å². The van der Waals surface area contributed by atoms with E-state index in [1.165, 1.54) is 0 Å². The highest BCUT2D eigenvalue weighted by Gasteiger charge is 2.30. The van der Waals surface area contributed by atoms with Gasteiger partial charge in [0.15, 0.2) is 0 Å². The van der Waals surface area contributed by atoms with Crippen molar-refractivity contribution in [1.82, 2.24) is 15.3 Å². The van der Waals surface area contributed by atoms with Crippen molar-refractivity contribution in [2.75, 3.05) is 13.2 Å². The van der Waals surface area contributed by atoms with Crippen LogP contribution >= 0.6 is 0 Å². The summed E-state index contributed by atoms with van der Waals surface area (Å²) in [5, 5.41) is 2.87. The van der Waals surface area contributed by atoms with Crippen molar-refractivity contribution >= 4 is 5.91 Å². The Balaban J connectivity index is 1.71. The fourth-order valence-corrected chi connectivity index (χ4v) is 1.87. The van der Waals surface area contributed by atoms with Gasteiger partial charge < -0.3 is 15.0 Å². The summed E-state index contributed by atoms with van der Waals surface area (Å²) < 4.78 is 5.38. The van der Waals surface area contributed by atoms with Gasteiger partial charge in [0.05, 0.1) is 0 Å². The summed E-state index contributed by atoms with van der Waals surface area (Å²) in [6.45, 7) is 3.33. The van der Waals surface area contributed by atoms with Crippen LogP contribution in [0.25, 0.3) is 0 Å². The van der Waals surface area contributed by atoms with Gasteiger partial charge in [0.2, 0.25) is 5.91 Å². The topological polar surface area (TPSA) is 67.0 Å². The van der Waals surface area contributed by atoms with E-state index in [1.54, 1.807) is 12.4 Å². The number of rotatable bonds is 4. The third kappa shape index (κ3) is 2.61. The molecule has 0 aromatic carbocycles. The maximum absolute atomic E-state index is 11.7. The normalized spacial score (nSPS) is 24.6. The van der Waals surface area contributed by atoms with Gasteiger partial charge in [-0.1, -0.05) is 6.92 Å². The van der Waals surface area contributed by atoms with Gasteiger partial charge in [-0.2, -0.15) is 0 Å². The van der Waals surface area contributed by atoms with E-state index in [2.05, 4.69) is 15.3 Å². The number of carbonyl (C=O) groups is 1. The molecule has 1 aromatic rings. The van der Waals surface area contributed by atoms with Crippen molar-refractivity contribution in [2.45, 2.75) is 25.9 Å². The number of H-pyrrole nitrogens is 1. The van der Waals surface area contributed by atoms with Crippen LogP contribution in [0.2, 0.25) is 0 Å². The van der Waals surface area contributed by atoms with E-state index in [0.29, 0.717) is 19.1 Å². The zero-order valence-corrected chi connectivity index (χ0v) is 9.40. The lowest BCUT2D eigenvalue weighted by Gasteiger charge is -2.13. The largest absolute Gasteiger partial charge is 0.368 e. The molecule has 0 radical (unpaired) electrons. The zero-order chi connectivity index (χ0) is 11.4. The lowest BCUT2D eigenvalue weighted by atomic mass is 10.0. The molecule has 1 aliphatic heterocycles. The maximum atomic E-state index is 11.7. The molecule has 1 saturated heterocycles. The summed E-state index contributed by atoms with van der Waals surface area (Å²) in [5.41, 5.74) is 0. The molecule has 0 saturated carbocycles. The van der Waals surface area contributed by atoms with Crippen molar-refractivity contribution in [3.63, 3.8) is 0 Å². The van der Waals surface area contributed by atoms with Gasteiger partial charge in [-0.3, -0.25) is 4.79 Å². The average Bonchev–Trinajstić information content (AvgIpc) is 2.88. The van der Waals surface area contributed by atoms with E-state index in [0.717, 1.165) is 18.7 Å². The van der Waals surface area contributed by atoms with Gasteiger partial charge in [0.1, 0.15) is 11.9 Å². The van der Waals surface area contributed by atoms with Gasteiger partial charge >= 0.3 is 0 Å². The van der Waals surface area contributed by atoms with E-state index in [9.17, 15) is 4.79 Å². The second-order valence-corrected chi connectivity index (χ2v) is 4.13. The minimum Gasteiger partial charge on any atom is -0.368 e. The van der Waals surface area contributed by atoms with Gasteiger partial charge in [-0.15, -0.1) is 0 Å². The van der Waals surface area contributed by atoms with Crippen molar-refractivity contribution in [3.05, 3.63) is 18.2 Å². The van der Waals surface area contributed by atoms with E-state index in [4.69, 9.17) is 4.74 Å². The van der Waals surface area contributed by atoms with Crippen LogP contribution in [0.4, 0.5) is 0 Å². The molecule has 2 unspecified atom stereocenters. The summed E-state index contributed by atoms with van der Waals surface area (Å²) >= 11 is 0. The third-order valence-electron chi connectivity index (χ3n) is 2.86. The molecule has 2 N–H and O–H groups in total. The number of imidazole rings is 1. The number of aromatic amines is 1. The first-order chi connectivity index (χ1) is 7.77. The highest BCUT2D eigenvalue weighted by molar-refractivity contribution is 5.81. The number of nitrogens with zero attached hydrogens (tertiary/aromatic N) is 1. The van der Waals surface area contributed by atoms with Gasteiger partial charge in [0, 0.05) is 32.0 Å². The molecule has 1 aromatic heterocycles. The van der Waals surface area contributed by atoms with Gasteiger partial charge in [0.25, 0.3) is 0 Å². The summed E-state index contributed by atoms with van der Waals surface area (Å²) in [6, 6.07) is 0. The fourth-order valence-electron chi connectivity index (χ4n) is 1.87. The van der Waals surface area contributed by atoms with Crippen molar-refractivity contribution in [3.8, 4) is 0 Å². The van der Waals surface area contributed by atoms with E-state index in [1.807, 2.05) is 6.92 Å². The highest BCUT2D eigenvalue weighted by Crippen LogP contribution is 2.19. The van der Waals surface area contributed by atoms with Gasteiger partial charge in [-0.25, -0.2) is 4.98 Å². The quantitative estimate of drug-likeness (QED) is 0.780. The Morgan fingerprint density at radius 2 is 2.62 bits per heavy atom. The Bertz CT molecular complexity index is 337. The van der Waals surface area contributed by atoms with Crippen LogP contribution in [-0.4, -0.2) is 35.1 Å². The molecule has 0 bridgehead atoms. The molecule has 5 heteroatoms. The maximum Gasteiger partial charge on any atom is 0.249 e. The summed E-state index contributed by atoms with van der Waals surface area (Å²) in [6.07, 6.45) is 4.91. The Morgan fingerprint density at radius 1 is 1.75 bits per heavy atom. The van der Waals surface area contributed by atoms with E-state index >= 15 is 0 Å². The minimum atomic E-state index is -0.267. The van der Waals surface area contributed by atoms with Crippen LogP contribution in [-0.2, 0) is 16.0 Å². The number of ether oxygens (including phenoxy) is 1. The second-order valence-electron chi connectivity index (χ2n) is 4.13. The molecular formula is C11H17N3O2. The molecule has 1 amide bonds. The standard InChI is InChI=1S/C11H17N3O2/c1-8-3-7-16-10(8)11(15)14-4-2-9-12-5-6-13-9/h5-6,8,10H,2-4,7H2,1H3,(H,12,13)(H,14,15). The zero-order valence-electron chi connectivity index (χ0n) is 9.40. The monoisotopic (exact) mass is 223 g/mol. The summed E-state index contributed by atoms with van der Waals surface area (Å²) in [7, 11) is 0. The van der Waals surface area contributed by atoms with Crippen molar-refractivity contribution in [1.29, 1.82) is 0 Å². The summed E-state index contributed by atoms with van der Waals surface area (Å²) in [4.78, 5) is 18.8.